The van der Waals surface area contributed by atoms with E-state index < -0.39 is 17.8 Å². The van der Waals surface area contributed by atoms with E-state index in [1.165, 1.54) is 32.8 Å². The van der Waals surface area contributed by atoms with Crippen LogP contribution in [0.15, 0.2) is 36.5 Å². The Hall–Kier alpha value is -3.85. The van der Waals surface area contributed by atoms with E-state index >= 15 is 0 Å². The summed E-state index contributed by atoms with van der Waals surface area (Å²) in [5.41, 5.74) is -0.0852. The van der Waals surface area contributed by atoms with E-state index in [2.05, 4.69) is 5.10 Å². The predicted octanol–water partition coefficient (Wildman–Crippen LogP) is 2.30. The van der Waals surface area contributed by atoms with E-state index in [0.29, 0.717) is 18.8 Å². The van der Waals surface area contributed by atoms with Crippen LogP contribution >= 0.6 is 0 Å². The highest BCUT2D eigenvalue weighted by atomic mass is 19.4. The second-order valence-electron chi connectivity index (χ2n) is 7.62. The van der Waals surface area contributed by atoms with E-state index in [9.17, 15) is 28.0 Å². The number of alkyl halides is 3. The van der Waals surface area contributed by atoms with Gasteiger partial charge in [-0.25, -0.2) is 9.48 Å². The number of aromatic nitrogens is 2. The van der Waals surface area contributed by atoms with E-state index in [1.807, 2.05) is 11.0 Å². The van der Waals surface area contributed by atoms with Gasteiger partial charge < -0.3 is 10.0 Å². The van der Waals surface area contributed by atoms with E-state index in [-0.39, 0.29) is 49.0 Å². The van der Waals surface area contributed by atoms with Crippen LogP contribution in [0.3, 0.4) is 0 Å². The Morgan fingerprint density at radius 3 is 2.55 bits per heavy atom. The molecule has 172 valence electrons. The fraction of sp³-hybridized carbons (Fsp3) is 0.333. The maximum absolute atomic E-state index is 13.2. The molecular weight excluding hydrogens is 441 g/mol. The summed E-state index contributed by atoms with van der Waals surface area (Å²) in [7, 11) is 0. The van der Waals surface area contributed by atoms with Crippen molar-refractivity contribution in [1.29, 1.82) is 5.26 Å². The molecule has 9 nitrogen and oxygen atoms in total. The molecule has 0 saturated carbocycles. The second-order valence-corrected chi connectivity index (χ2v) is 7.62. The van der Waals surface area contributed by atoms with Crippen LogP contribution in [0.5, 0.6) is 0 Å². The van der Waals surface area contributed by atoms with Crippen LogP contribution in [0.1, 0.15) is 16.7 Å². The van der Waals surface area contributed by atoms with Gasteiger partial charge >= 0.3 is 12.3 Å². The average Bonchev–Trinajstić information content (AvgIpc) is 3.22. The van der Waals surface area contributed by atoms with Crippen molar-refractivity contribution in [3.63, 3.8) is 0 Å². The molecule has 0 unspecified atom stereocenters. The van der Waals surface area contributed by atoms with Crippen LogP contribution in [-0.4, -0.2) is 76.0 Å². The summed E-state index contributed by atoms with van der Waals surface area (Å²) in [6.45, 7) is 1.41. The van der Waals surface area contributed by atoms with Gasteiger partial charge in [0.15, 0.2) is 5.82 Å². The van der Waals surface area contributed by atoms with Crippen molar-refractivity contribution >= 4 is 23.5 Å². The number of anilines is 1. The molecule has 2 aromatic rings. The van der Waals surface area contributed by atoms with Gasteiger partial charge in [0.1, 0.15) is 11.6 Å². The van der Waals surface area contributed by atoms with Gasteiger partial charge in [-0.05, 0) is 18.2 Å². The van der Waals surface area contributed by atoms with Crippen molar-refractivity contribution in [3.8, 4) is 6.07 Å². The summed E-state index contributed by atoms with van der Waals surface area (Å²) in [4.78, 5) is 28.6. The first-order valence-electron chi connectivity index (χ1n) is 10.1. The van der Waals surface area contributed by atoms with Gasteiger partial charge in [-0.3, -0.25) is 14.6 Å². The predicted molar refractivity (Wildman–Crippen MR) is 110 cm³/mol. The Morgan fingerprint density at radius 1 is 1.18 bits per heavy atom. The van der Waals surface area contributed by atoms with Crippen molar-refractivity contribution in [3.05, 3.63) is 53.2 Å². The minimum absolute atomic E-state index is 0.0102. The van der Waals surface area contributed by atoms with Gasteiger partial charge in [0, 0.05) is 38.3 Å². The molecule has 33 heavy (non-hydrogen) atoms. The van der Waals surface area contributed by atoms with E-state index in [4.69, 9.17) is 5.11 Å². The molecular formula is C21H19F3N6O3. The second kappa shape index (κ2) is 8.59. The number of halogens is 3. The Morgan fingerprint density at radius 2 is 1.91 bits per heavy atom. The van der Waals surface area contributed by atoms with Crippen LogP contribution in [0.4, 0.5) is 23.8 Å². The van der Waals surface area contributed by atoms with E-state index in [0.717, 1.165) is 12.1 Å². The third-order valence-electron chi connectivity index (χ3n) is 5.60. The van der Waals surface area contributed by atoms with Gasteiger partial charge in [-0.2, -0.15) is 23.5 Å². The third kappa shape index (κ3) is 4.40. The fourth-order valence-electron chi connectivity index (χ4n) is 3.90. The monoisotopic (exact) mass is 460 g/mol. The highest BCUT2D eigenvalue weighted by Gasteiger charge is 2.33. The normalized spacial score (nSPS) is 16.7. The molecule has 0 bridgehead atoms. The summed E-state index contributed by atoms with van der Waals surface area (Å²) in [5.74, 6) is -0.127. The molecule has 12 heteroatoms. The molecule has 1 N–H and O–H groups in total. The summed E-state index contributed by atoms with van der Waals surface area (Å²) in [6, 6.07) is 6.76. The quantitative estimate of drug-likeness (QED) is 0.754. The smallest absolute Gasteiger partial charge is 0.416 e. The lowest BCUT2D eigenvalue weighted by atomic mass is 10.1. The fourth-order valence-corrected chi connectivity index (χ4v) is 3.90. The Bertz CT molecular complexity index is 1160. The molecule has 2 amide bonds. The van der Waals surface area contributed by atoms with Crippen LogP contribution in [0.25, 0.3) is 5.70 Å². The zero-order chi connectivity index (χ0) is 23.8. The standard InChI is InChI=1S/C21H19F3N6O3/c22-21(23,24)16-3-1-2-14(10-16)17-4-5-29(19-15(11-25)12-26-30(17)19)18(31)13-27-6-8-28(9-7-27)20(32)33/h1-4,10,12H,5-9,13H2,(H,32,33). The Balaban J connectivity index is 1.58. The summed E-state index contributed by atoms with van der Waals surface area (Å²) in [6.07, 6.45) is -2.65. The van der Waals surface area contributed by atoms with Gasteiger partial charge in [-0.15, -0.1) is 0 Å². The lowest BCUT2D eigenvalue weighted by Gasteiger charge is -2.34. The van der Waals surface area contributed by atoms with Gasteiger partial charge in [-0.1, -0.05) is 12.1 Å². The molecule has 0 atom stereocenters. The number of amides is 2. The highest BCUT2D eigenvalue weighted by Crippen LogP contribution is 2.34. The molecule has 1 aromatic carbocycles. The van der Waals surface area contributed by atoms with Gasteiger partial charge in [0.05, 0.1) is 24.0 Å². The Kier molecular flexibility index (Phi) is 5.82. The summed E-state index contributed by atoms with van der Waals surface area (Å²) < 4.78 is 40.8. The summed E-state index contributed by atoms with van der Waals surface area (Å²) in [5, 5.41) is 22.7. The largest absolute Gasteiger partial charge is 0.465 e. The molecule has 1 saturated heterocycles. The maximum atomic E-state index is 13.2. The number of nitrogens with zero attached hydrogens (tertiary/aromatic N) is 6. The van der Waals surface area contributed by atoms with Crippen LogP contribution in [-0.2, 0) is 11.0 Å². The molecule has 2 aliphatic heterocycles. The minimum atomic E-state index is -4.51. The number of fused-ring (bicyclic) bond motifs is 1. The molecule has 4 rings (SSSR count). The number of carbonyl (C=O) groups excluding carboxylic acids is 1. The first-order valence-corrected chi connectivity index (χ1v) is 10.1. The number of carbonyl (C=O) groups is 2. The Labute approximate surface area is 186 Å². The SMILES string of the molecule is N#Cc1cnn2c1N(C(=O)CN1CCN(C(=O)O)CC1)CC=C2c1cccc(C(F)(F)F)c1. The number of nitriles is 1. The number of rotatable bonds is 3. The van der Waals surface area contributed by atoms with Gasteiger partial charge in [0.2, 0.25) is 5.91 Å². The molecule has 1 aromatic heterocycles. The molecule has 0 spiro atoms. The lowest BCUT2D eigenvalue weighted by Crippen LogP contribution is -2.51. The van der Waals surface area contributed by atoms with E-state index in [1.54, 1.807) is 6.08 Å². The zero-order valence-corrected chi connectivity index (χ0v) is 17.3. The van der Waals surface area contributed by atoms with Crippen molar-refractivity contribution in [2.24, 2.45) is 0 Å². The minimum Gasteiger partial charge on any atom is -0.465 e. The van der Waals surface area contributed by atoms with Crippen molar-refractivity contribution in [2.45, 2.75) is 6.18 Å². The number of hydrogen-bond donors (Lipinski definition) is 1. The summed E-state index contributed by atoms with van der Waals surface area (Å²) >= 11 is 0. The zero-order valence-electron chi connectivity index (χ0n) is 17.3. The highest BCUT2D eigenvalue weighted by molar-refractivity contribution is 5.97. The molecule has 3 heterocycles. The number of hydrogen-bond acceptors (Lipinski definition) is 5. The first-order chi connectivity index (χ1) is 15.7. The maximum Gasteiger partial charge on any atom is 0.416 e. The third-order valence-corrected chi connectivity index (χ3v) is 5.60. The van der Waals surface area contributed by atoms with Crippen molar-refractivity contribution in [2.75, 3.05) is 44.2 Å². The number of carboxylic acid groups (broad SMARTS) is 1. The molecule has 0 aliphatic carbocycles. The molecule has 0 radical (unpaired) electrons. The van der Waals surface area contributed by atoms with Crippen molar-refractivity contribution < 1.29 is 27.9 Å². The van der Waals surface area contributed by atoms with Crippen LogP contribution in [0, 0.1) is 11.3 Å². The lowest BCUT2D eigenvalue weighted by molar-refractivity contribution is -0.137. The van der Waals surface area contributed by atoms with Crippen LogP contribution < -0.4 is 4.90 Å². The number of benzene rings is 1. The topological polar surface area (TPSA) is 106 Å². The molecule has 1 fully saturated rings. The van der Waals surface area contributed by atoms with Crippen LogP contribution in [0.2, 0.25) is 0 Å². The number of piperazine rings is 1. The van der Waals surface area contributed by atoms with Crippen molar-refractivity contribution in [1.82, 2.24) is 19.6 Å². The average molecular weight is 460 g/mol. The van der Waals surface area contributed by atoms with Gasteiger partial charge in [0.25, 0.3) is 0 Å². The first kappa shape index (κ1) is 22.3. The molecule has 2 aliphatic rings.